The van der Waals surface area contributed by atoms with E-state index in [2.05, 4.69) is 10.3 Å². The molecule has 0 amide bonds. The first kappa shape index (κ1) is 12.6. The molecule has 2 aliphatic carbocycles. The maximum Gasteiger partial charge on any atom is 0.358 e. The molecule has 6 heteroatoms. The Kier molecular flexibility index (Phi) is 3.05. The molecule has 1 aromatic heterocycles. The van der Waals surface area contributed by atoms with Crippen LogP contribution in [0.4, 0.5) is 0 Å². The first-order chi connectivity index (χ1) is 9.09. The van der Waals surface area contributed by atoms with Gasteiger partial charge in [0.15, 0.2) is 5.69 Å². The molecule has 19 heavy (non-hydrogen) atoms. The fourth-order valence-electron chi connectivity index (χ4n) is 3.00. The number of hydrogen-bond donors (Lipinski definition) is 2. The van der Waals surface area contributed by atoms with Gasteiger partial charge < -0.3 is 10.2 Å². The van der Waals surface area contributed by atoms with Crippen LogP contribution in [0.15, 0.2) is 0 Å². The molecule has 6 nitrogen and oxygen atoms in total. The standard InChI is InChI=1S/C13H19N3O3/c17-12(18)10-11(9-4-5-9)16(15-14-10)8-13(19)6-2-1-3-7-13/h9,19H,1-8H2,(H,17,18). The van der Waals surface area contributed by atoms with Crippen molar-refractivity contribution in [1.29, 1.82) is 0 Å². The van der Waals surface area contributed by atoms with Crippen molar-refractivity contribution in [3.8, 4) is 0 Å². The average Bonchev–Trinajstić information content (AvgIpc) is 3.11. The van der Waals surface area contributed by atoms with Gasteiger partial charge >= 0.3 is 5.97 Å². The Morgan fingerprint density at radius 1 is 1.32 bits per heavy atom. The summed E-state index contributed by atoms with van der Waals surface area (Å²) in [4.78, 5) is 11.2. The van der Waals surface area contributed by atoms with Crippen molar-refractivity contribution in [3.63, 3.8) is 0 Å². The van der Waals surface area contributed by atoms with E-state index in [4.69, 9.17) is 5.11 Å². The third-order valence-electron chi connectivity index (χ3n) is 4.17. The summed E-state index contributed by atoms with van der Waals surface area (Å²) in [6.45, 7) is 0.374. The minimum absolute atomic E-state index is 0.0573. The number of rotatable bonds is 4. The average molecular weight is 265 g/mol. The van der Waals surface area contributed by atoms with Crippen molar-refractivity contribution in [2.75, 3.05) is 0 Å². The molecule has 2 fully saturated rings. The Balaban J connectivity index is 1.86. The highest BCUT2D eigenvalue weighted by molar-refractivity contribution is 5.86. The zero-order chi connectivity index (χ0) is 13.5. The summed E-state index contributed by atoms with van der Waals surface area (Å²) in [7, 11) is 0. The summed E-state index contributed by atoms with van der Waals surface area (Å²) >= 11 is 0. The van der Waals surface area contributed by atoms with Crippen LogP contribution in [0.1, 0.15) is 67.0 Å². The van der Waals surface area contributed by atoms with E-state index in [1.807, 2.05) is 0 Å². The molecule has 0 radical (unpaired) electrons. The molecule has 0 aromatic carbocycles. The SMILES string of the molecule is O=C(O)c1nnn(CC2(O)CCCCC2)c1C1CC1. The molecule has 2 N–H and O–H groups in total. The predicted octanol–water partition coefficient (Wildman–Crippen LogP) is 1.55. The summed E-state index contributed by atoms with van der Waals surface area (Å²) in [6.07, 6.45) is 6.72. The van der Waals surface area contributed by atoms with Gasteiger partial charge in [-0.25, -0.2) is 9.48 Å². The Hall–Kier alpha value is -1.43. The van der Waals surface area contributed by atoms with E-state index in [1.54, 1.807) is 4.68 Å². The van der Waals surface area contributed by atoms with Crippen molar-refractivity contribution in [1.82, 2.24) is 15.0 Å². The van der Waals surface area contributed by atoms with Crippen LogP contribution >= 0.6 is 0 Å². The van der Waals surface area contributed by atoms with Crippen LogP contribution in [0, 0.1) is 0 Å². The summed E-state index contributed by atoms with van der Waals surface area (Å²) in [5.41, 5.74) is 0.0131. The number of carboxylic acid groups (broad SMARTS) is 1. The number of aliphatic hydroxyl groups is 1. The molecule has 0 aliphatic heterocycles. The largest absolute Gasteiger partial charge is 0.476 e. The topological polar surface area (TPSA) is 88.2 Å². The van der Waals surface area contributed by atoms with Gasteiger partial charge in [0.1, 0.15) is 0 Å². The fraction of sp³-hybridized carbons (Fsp3) is 0.769. The molecule has 0 saturated heterocycles. The third kappa shape index (κ3) is 2.49. The van der Waals surface area contributed by atoms with Crippen molar-refractivity contribution in [3.05, 3.63) is 11.4 Å². The molecule has 0 unspecified atom stereocenters. The molecule has 2 aliphatic rings. The molecule has 2 saturated carbocycles. The molecule has 0 atom stereocenters. The van der Waals surface area contributed by atoms with Crippen LogP contribution in [0.5, 0.6) is 0 Å². The van der Waals surface area contributed by atoms with Crippen molar-refractivity contribution in [2.45, 2.75) is 63.0 Å². The van der Waals surface area contributed by atoms with Crippen molar-refractivity contribution >= 4 is 5.97 Å². The molecule has 3 rings (SSSR count). The molecule has 1 heterocycles. The van der Waals surface area contributed by atoms with Gasteiger partial charge in [-0.1, -0.05) is 24.5 Å². The Morgan fingerprint density at radius 3 is 2.58 bits per heavy atom. The normalized spacial score (nSPS) is 22.4. The second-order valence-electron chi connectivity index (χ2n) is 5.85. The van der Waals surface area contributed by atoms with Gasteiger partial charge in [0.25, 0.3) is 0 Å². The molecule has 0 spiro atoms. The maximum atomic E-state index is 11.2. The lowest BCUT2D eigenvalue weighted by Gasteiger charge is -2.32. The number of aromatic nitrogens is 3. The van der Waals surface area contributed by atoms with Gasteiger partial charge in [0.2, 0.25) is 0 Å². The van der Waals surface area contributed by atoms with E-state index in [0.717, 1.165) is 44.9 Å². The fourth-order valence-corrected chi connectivity index (χ4v) is 3.00. The van der Waals surface area contributed by atoms with E-state index in [9.17, 15) is 9.90 Å². The van der Waals surface area contributed by atoms with Crippen LogP contribution in [-0.2, 0) is 6.54 Å². The molecule has 104 valence electrons. The van der Waals surface area contributed by atoms with E-state index < -0.39 is 11.6 Å². The second kappa shape index (κ2) is 4.59. The predicted molar refractivity (Wildman–Crippen MR) is 67.0 cm³/mol. The number of aromatic carboxylic acids is 1. The minimum atomic E-state index is -1.02. The maximum absolute atomic E-state index is 11.2. The molecule has 1 aromatic rings. The van der Waals surface area contributed by atoms with Crippen molar-refractivity contribution < 1.29 is 15.0 Å². The minimum Gasteiger partial charge on any atom is -0.476 e. The van der Waals surface area contributed by atoms with E-state index >= 15 is 0 Å². The highest BCUT2D eigenvalue weighted by Crippen LogP contribution is 2.42. The zero-order valence-corrected chi connectivity index (χ0v) is 10.9. The van der Waals surface area contributed by atoms with Gasteiger partial charge in [-0.05, 0) is 25.7 Å². The highest BCUT2D eigenvalue weighted by Gasteiger charge is 2.37. The number of carboxylic acids is 1. The lowest BCUT2D eigenvalue weighted by molar-refractivity contribution is -0.0153. The van der Waals surface area contributed by atoms with Gasteiger partial charge in [0.05, 0.1) is 17.8 Å². The first-order valence-corrected chi connectivity index (χ1v) is 6.98. The third-order valence-corrected chi connectivity index (χ3v) is 4.17. The van der Waals surface area contributed by atoms with Crippen LogP contribution in [0.2, 0.25) is 0 Å². The van der Waals surface area contributed by atoms with Crippen molar-refractivity contribution in [2.24, 2.45) is 0 Å². The number of carbonyl (C=O) groups is 1. The highest BCUT2D eigenvalue weighted by atomic mass is 16.4. The Labute approximate surface area is 111 Å². The number of hydrogen-bond acceptors (Lipinski definition) is 4. The van der Waals surface area contributed by atoms with Gasteiger partial charge in [-0.2, -0.15) is 0 Å². The van der Waals surface area contributed by atoms with Crippen LogP contribution in [0.3, 0.4) is 0 Å². The van der Waals surface area contributed by atoms with Gasteiger partial charge in [-0.15, -0.1) is 5.10 Å². The number of nitrogens with zero attached hydrogens (tertiary/aromatic N) is 3. The first-order valence-electron chi connectivity index (χ1n) is 6.98. The molecule has 0 bridgehead atoms. The molecular formula is C13H19N3O3. The summed E-state index contributed by atoms with van der Waals surface area (Å²) in [5.74, 6) is -0.767. The lowest BCUT2D eigenvalue weighted by Crippen LogP contribution is -2.37. The Morgan fingerprint density at radius 2 is 2.00 bits per heavy atom. The lowest BCUT2D eigenvalue weighted by atomic mass is 9.85. The quantitative estimate of drug-likeness (QED) is 0.862. The molecular weight excluding hydrogens is 246 g/mol. The van der Waals surface area contributed by atoms with E-state index in [1.165, 1.54) is 0 Å². The Bertz CT molecular complexity index is 487. The van der Waals surface area contributed by atoms with Gasteiger partial charge in [-0.3, -0.25) is 0 Å². The summed E-state index contributed by atoms with van der Waals surface area (Å²) in [6, 6.07) is 0. The van der Waals surface area contributed by atoms with Crippen LogP contribution in [0.25, 0.3) is 0 Å². The zero-order valence-electron chi connectivity index (χ0n) is 10.9. The summed E-state index contributed by atoms with van der Waals surface area (Å²) < 4.78 is 1.63. The van der Waals surface area contributed by atoms with Gasteiger partial charge in [0, 0.05) is 5.92 Å². The second-order valence-corrected chi connectivity index (χ2v) is 5.85. The monoisotopic (exact) mass is 265 g/mol. The van der Waals surface area contributed by atoms with Crippen LogP contribution in [-0.4, -0.2) is 36.8 Å². The van der Waals surface area contributed by atoms with E-state index in [0.29, 0.717) is 12.2 Å². The summed E-state index contributed by atoms with van der Waals surface area (Å²) in [5, 5.41) is 27.5. The van der Waals surface area contributed by atoms with Crippen LogP contribution < -0.4 is 0 Å². The smallest absolute Gasteiger partial charge is 0.358 e. The van der Waals surface area contributed by atoms with E-state index in [-0.39, 0.29) is 11.6 Å².